The van der Waals surface area contributed by atoms with Gasteiger partial charge < -0.3 is 0 Å². The van der Waals surface area contributed by atoms with E-state index in [0.717, 1.165) is 20.1 Å². The first kappa shape index (κ1) is 11.1. The molecule has 0 bridgehead atoms. The van der Waals surface area contributed by atoms with E-state index in [-0.39, 0.29) is 5.38 Å². The fraction of sp³-hybridized carbons (Fsp3) is 0.636. The number of fused-ring (bicyclic) bond motifs is 1. The van der Waals surface area contributed by atoms with Crippen LogP contribution < -0.4 is 0 Å². The van der Waals surface area contributed by atoms with Gasteiger partial charge in [0.2, 0.25) is 0 Å². The van der Waals surface area contributed by atoms with Gasteiger partial charge in [0.05, 0.1) is 9.16 Å². The average Bonchev–Trinajstić information content (AvgIpc) is 2.66. The Balaban J connectivity index is 1.76. The van der Waals surface area contributed by atoms with E-state index in [1.54, 1.807) is 11.3 Å². The minimum atomic E-state index is 0.227. The van der Waals surface area contributed by atoms with Crippen LogP contribution in [-0.4, -0.2) is 0 Å². The van der Waals surface area contributed by atoms with Gasteiger partial charge in [0.1, 0.15) is 0 Å². The highest BCUT2D eigenvalue weighted by Crippen LogP contribution is 2.59. The van der Waals surface area contributed by atoms with Gasteiger partial charge in [-0.2, -0.15) is 0 Å². The van der Waals surface area contributed by atoms with Gasteiger partial charge in [0.15, 0.2) is 0 Å². The Bertz CT molecular complexity index is 360. The predicted octanol–water partition coefficient (Wildman–Crippen LogP) is 5.60. The lowest BCUT2D eigenvalue weighted by atomic mass is 9.98. The van der Waals surface area contributed by atoms with Gasteiger partial charge in [0, 0.05) is 9.35 Å². The average molecular weight is 371 g/mol. The highest BCUT2D eigenvalue weighted by molar-refractivity contribution is 9.13. The van der Waals surface area contributed by atoms with Crippen molar-refractivity contribution in [1.29, 1.82) is 0 Å². The first-order valence-corrected chi connectivity index (χ1v) is 8.08. The first-order valence-electron chi connectivity index (χ1n) is 5.24. The zero-order valence-corrected chi connectivity index (χ0v) is 12.8. The molecule has 15 heavy (non-hydrogen) atoms. The Labute approximate surface area is 116 Å². The summed E-state index contributed by atoms with van der Waals surface area (Å²) < 4.78 is 2.29. The molecule has 2 saturated carbocycles. The first-order chi connectivity index (χ1) is 7.15. The van der Waals surface area contributed by atoms with Gasteiger partial charge in [-0.25, -0.2) is 0 Å². The highest BCUT2D eigenvalue weighted by atomic mass is 79.9. The van der Waals surface area contributed by atoms with Crippen LogP contribution in [0.25, 0.3) is 0 Å². The molecule has 82 valence electrons. The summed E-state index contributed by atoms with van der Waals surface area (Å²) in [6, 6.07) is 2.16. The molecule has 1 aromatic rings. The molecule has 1 heterocycles. The van der Waals surface area contributed by atoms with Crippen LogP contribution in [-0.2, 0) is 0 Å². The summed E-state index contributed by atoms with van der Waals surface area (Å²) in [7, 11) is 0. The summed E-state index contributed by atoms with van der Waals surface area (Å²) in [6.07, 6.45) is 4.18. The van der Waals surface area contributed by atoms with Crippen LogP contribution in [0.3, 0.4) is 0 Å². The zero-order chi connectivity index (χ0) is 10.6. The zero-order valence-electron chi connectivity index (χ0n) is 8.05. The minimum Gasteiger partial charge on any atom is -0.130 e. The Morgan fingerprint density at radius 2 is 1.93 bits per heavy atom. The van der Waals surface area contributed by atoms with Crippen molar-refractivity contribution in [3.05, 3.63) is 19.2 Å². The third-order valence-electron chi connectivity index (χ3n) is 3.63. The van der Waals surface area contributed by atoms with Crippen LogP contribution in [0.1, 0.15) is 29.5 Å². The summed E-state index contributed by atoms with van der Waals surface area (Å²) in [6.45, 7) is 0. The van der Waals surface area contributed by atoms with E-state index in [0.29, 0.717) is 5.92 Å². The summed E-state index contributed by atoms with van der Waals surface area (Å²) in [4.78, 5) is 1.31. The topological polar surface area (TPSA) is 0 Å². The van der Waals surface area contributed by atoms with Crippen LogP contribution in [0, 0.1) is 17.8 Å². The summed E-state index contributed by atoms with van der Waals surface area (Å²) in [5.41, 5.74) is 0. The van der Waals surface area contributed by atoms with Crippen LogP contribution in [0.2, 0.25) is 0 Å². The van der Waals surface area contributed by atoms with E-state index >= 15 is 0 Å². The van der Waals surface area contributed by atoms with Crippen LogP contribution in [0.4, 0.5) is 0 Å². The Morgan fingerprint density at radius 3 is 2.47 bits per heavy atom. The molecule has 2 aliphatic carbocycles. The molecule has 2 fully saturated rings. The second-order valence-electron chi connectivity index (χ2n) is 4.66. The molecule has 4 heteroatoms. The predicted molar refractivity (Wildman–Crippen MR) is 72.6 cm³/mol. The van der Waals surface area contributed by atoms with Crippen molar-refractivity contribution in [3.8, 4) is 0 Å². The van der Waals surface area contributed by atoms with Crippen molar-refractivity contribution in [2.75, 3.05) is 0 Å². The quantitative estimate of drug-likeness (QED) is 0.595. The number of hydrogen-bond donors (Lipinski definition) is 0. The van der Waals surface area contributed by atoms with Gasteiger partial charge in [-0.3, -0.25) is 0 Å². The molecule has 0 spiro atoms. The molecule has 0 amide bonds. The Kier molecular flexibility index (Phi) is 2.95. The molecule has 0 aliphatic heterocycles. The second-order valence-corrected chi connectivity index (χ2v) is 8.39. The number of thiophene rings is 1. The summed E-state index contributed by atoms with van der Waals surface area (Å²) in [5.74, 6) is 2.75. The van der Waals surface area contributed by atoms with Crippen molar-refractivity contribution < 1.29 is 0 Å². The third-order valence-corrected chi connectivity index (χ3v) is 7.69. The largest absolute Gasteiger partial charge is 0.130 e. The highest BCUT2D eigenvalue weighted by Gasteiger charge is 2.48. The van der Waals surface area contributed by atoms with Crippen molar-refractivity contribution in [2.45, 2.75) is 24.6 Å². The maximum atomic E-state index is 6.55. The van der Waals surface area contributed by atoms with E-state index in [1.165, 1.54) is 24.1 Å². The molecule has 3 atom stereocenters. The van der Waals surface area contributed by atoms with Gasteiger partial charge in [-0.1, -0.05) is 0 Å². The van der Waals surface area contributed by atoms with Gasteiger partial charge in [-0.15, -0.1) is 22.9 Å². The van der Waals surface area contributed by atoms with E-state index in [4.69, 9.17) is 11.6 Å². The molecule has 2 aliphatic rings. The van der Waals surface area contributed by atoms with Crippen LogP contribution in [0.15, 0.2) is 14.3 Å². The minimum absolute atomic E-state index is 0.227. The molecule has 0 saturated heterocycles. The third kappa shape index (κ3) is 2.05. The van der Waals surface area contributed by atoms with Gasteiger partial charge in [0.25, 0.3) is 0 Å². The van der Waals surface area contributed by atoms with Crippen molar-refractivity contribution in [2.24, 2.45) is 17.8 Å². The molecule has 0 aromatic carbocycles. The fourth-order valence-electron chi connectivity index (χ4n) is 2.73. The van der Waals surface area contributed by atoms with Gasteiger partial charge >= 0.3 is 0 Å². The Morgan fingerprint density at radius 1 is 1.27 bits per heavy atom. The molecule has 0 nitrogen and oxygen atoms in total. The molecule has 1 aromatic heterocycles. The SMILES string of the molecule is ClC(c1cc(Br)c(Br)s1)C1CC2CC2C1. The van der Waals surface area contributed by atoms with Crippen LogP contribution in [0.5, 0.6) is 0 Å². The molecule has 3 rings (SSSR count). The van der Waals surface area contributed by atoms with Crippen LogP contribution >= 0.6 is 54.8 Å². The number of halogens is 3. The fourth-order valence-corrected chi connectivity index (χ4v) is 5.30. The standard InChI is InChI=1S/C11H11Br2ClS/c12-8-4-9(15-11(8)13)10(14)7-2-5-1-6(5)3-7/h4-7,10H,1-3H2. The maximum absolute atomic E-state index is 6.55. The lowest BCUT2D eigenvalue weighted by molar-refractivity contribution is 0.475. The van der Waals surface area contributed by atoms with E-state index in [9.17, 15) is 0 Å². The lowest BCUT2D eigenvalue weighted by Crippen LogP contribution is -2.04. The molecule has 0 radical (unpaired) electrons. The molecule has 0 N–H and O–H groups in total. The van der Waals surface area contributed by atoms with Gasteiger partial charge in [-0.05, 0) is 74.9 Å². The summed E-state index contributed by atoms with van der Waals surface area (Å²) >= 11 is 15.4. The smallest absolute Gasteiger partial charge is 0.0843 e. The molecular formula is C11H11Br2ClS. The Hall–Kier alpha value is 0.950. The number of hydrogen-bond acceptors (Lipinski definition) is 1. The second kappa shape index (κ2) is 4.01. The lowest BCUT2D eigenvalue weighted by Gasteiger charge is -2.16. The van der Waals surface area contributed by atoms with Crippen molar-refractivity contribution >= 4 is 54.8 Å². The maximum Gasteiger partial charge on any atom is 0.0843 e. The molecular weight excluding hydrogens is 359 g/mol. The molecule has 3 unspecified atom stereocenters. The van der Waals surface area contributed by atoms with Crippen molar-refractivity contribution in [1.82, 2.24) is 0 Å². The van der Waals surface area contributed by atoms with E-state index in [2.05, 4.69) is 37.9 Å². The summed E-state index contributed by atoms with van der Waals surface area (Å²) in [5, 5.41) is 0.227. The van der Waals surface area contributed by atoms with Crippen molar-refractivity contribution in [3.63, 3.8) is 0 Å². The monoisotopic (exact) mass is 368 g/mol. The normalized spacial score (nSPS) is 35.3. The van der Waals surface area contributed by atoms with E-state index < -0.39 is 0 Å². The van der Waals surface area contributed by atoms with E-state index in [1.807, 2.05) is 0 Å². The number of alkyl halides is 1. The number of rotatable bonds is 2.